The number of hydrogen-bond acceptors (Lipinski definition) is 2. The lowest BCUT2D eigenvalue weighted by Crippen LogP contribution is -2.32. The Kier molecular flexibility index (Phi) is 5.73. The highest BCUT2D eigenvalue weighted by atomic mass is 16.6. The van der Waals surface area contributed by atoms with Crippen LogP contribution in [0.1, 0.15) is 33.6 Å². The first kappa shape index (κ1) is 12.8. The molecule has 1 N–H and O–H groups in total. The summed E-state index contributed by atoms with van der Waals surface area (Å²) in [5, 5.41) is 2.67. The minimum atomic E-state index is -0.425. The summed E-state index contributed by atoms with van der Waals surface area (Å²) in [5.41, 5.74) is 2.25. The van der Waals surface area contributed by atoms with Gasteiger partial charge in [0.25, 0.3) is 0 Å². The lowest BCUT2D eigenvalue weighted by molar-refractivity contribution is 0.0527. The van der Waals surface area contributed by atoms with Crippen LogP contribution in [0.25, 0.3) is 0 Å². The molecule has 80 valence electrons. The molecule has 14 heavy (non-hydrogen) atoms. The molecule has 0 aromatic carbocycles. The summed E-state index contributed by atoms with van der Waals surface area (Å²) in [4.78, 5) is 11.1. The van der Waals surface area contributed by atoms with Gasteiger partial charge < -0.3 is 10.1 Å². The Hall–Kier alpha value is -1.21. The van der Waals surface area contributed by atoms with E-state index in [1.807, 2.05) is 26.8 Å². The third-order valence-corrected chi connectivity index (χ3v) is 1.34. The summed E-state index contributed by atoms with van der Waals surface area (Å²) >= 11 is 0. The van der Waals surface area contributed by atoms with E-state index in [2.05, 4.69) is 17.6 Å². The summed E-state index contributed by atoms with van der Waals surface area (Å²) in [7, 11) is 0. The number of hydrogen-bond donors (Lipinski definition) is 1. The zero-order valence-electron chi connectivity index (χ0n) is 9.22. The maximum Gasteiger partial charge on any atom is 0.407 e. The minimum Gasteiger partial charge on any atom is -0.444 e. The highest BCUT2D eigenvalue weighted by Crippen LogP contribution is 2.06. The fourth-order valence-corrected chi connectivity index (χ4v) is 0.811. The molecule has 3 nitrogen and oxygen atoms in total. The molecule has 0 bridgehead atoms. The molecule has 0 aliphatic carbocycles. The number of allylic oxidation sites excluding steroid dienone is 1. The van der Waals surface area contributed by atoms with Crippen LogP contribution in [0.4, 0.5) is 4.79 Å². The van der Waals surface area contributed by atoms with Crippen molar-refractivity contribution in [1.29, 1.82) is 0 Å². The average molecular weight is 197 g/mol. The van der Waals surface area contributed by atoms with Crippen LogP contribution in [0.3, 0.4) is 0 Å². The van der Waals surface area contributed by atoms with Gasteiger partial charge in [0.05, 0.1) is 0 Å². The van der Waals surface area contributed by atoms with Crippen LogP contribution in [0.15, 0.2) is 18.4 Å². The first-order valence-electron chi connectivity index (χ1n) is 4.77. The van der Waals surface area contributed by atoms with Crippen LogP contribution in [0, 0.1) is 0 Å². The van der Waals surface area contributed by atoms with Gasteiger partial charge in [-0.3, -0.25) is 0 Å². The molecule has 0 radical (unpaired) electrons. The Morgan fingerprint density at radius 3 is 2.71 bits per heavy atom. The van der Waals surface area contributed by atoms with Crippen molar-refractivity contribution in [3.63, 3.8) is 0 Å². The van der Waals surface area contributed by atoms with Gasteiger partial charge in [0.2, 0.25) is 0 Å². The monoisotopic (exact) mass is 197 g/mol. The largest absolute Gasteiger partial charge is 0.444 e. The molecule has 0 aliphatic rings. The molecule has 0 aliphatic heterocycles. The van der Waals surface area contributed by atoms with Crippen molar-refractivity contribution in [2.45, 2.75) is 39.2 Å². The second-order valence-corrected chi connectivity index (χ2v) is 3.98. The maximum absolute atomic E-state index is 11.1. The summed E-state index contributed by atoms with van der Waals surface area (Å²) in [5.74, 6) is 0. The van der Waals surface area contributed by atoms with Crippen molar-refractivity contribution in [2.75, 3.05) is 6.54 Å². The molecular formula is C11H19NO2. The Balaban J connectivity index is 3.50. The Morgan fingerprint density at radius 1 is 1.57 bits per heavy atom. The molecule has 0 aromatic heterocycles. The number of rotatable bonds is 4. The fraction of sp³-hybridized carbons (Fsp3) is 0.636. The first-order valence-corrected chi connectivity index (χ1v) is 4.77. The van der Waals surface area contributed by atoms with Gasteiger partial charge in [-0.25, -0.2) is 4.79 Å². The summed E-state index contributed by atoms with van der Waals surface area (Å²) in [6.07, 6.45) is 3.23. The number of amides is 1. The quantitative estimate of drug-likeness (QED) is 0.555. The van der Waals surface area contributed by atoms with Crippen molar-refractivity contribution in [3.05, 3.63) is 18.4 Å². The molecule has 1 amide bonds. The molecule has 0 fully saturated rings. The molecule has 3 heteroatoms. The topological polar surface area (TPSA) is 38.3 Å². The van der Waals surface area contributed by atoms with Crippen molar-refractivity contribution in [1.82, 2.24) is 5.32 Å². The Bertz CT molecular complexity index is 222. The minimum absolute atomic E-state index is 0.361. The molecule has 0 saturated heterocycles. The molecule has 0 unspecified atom stereocenters. The van der Waals surface area contributed by atoms with Gasteiger partial charge >= 0.3 is 6.09 Å². The molecule has 0 rings (SSSR count). The molecule has 0 heterocycles. The third-order valence-electron chi connectivity index (χ3n) is 1.34. The number of ether oxygens (including phenoxy) is 1. The zero-order chi connectivity index (χ0) is 11.0. The van der Waals surface area contributed by atoms with Crippen LogP contribution < -0.4 is 5.32 Å². The highest BCUT2D eigenvalue weighted by Gasteiger charge is 2.15. The fourth-order valence-electron chi connectivity index (χ4n) is 0.811. The van der Waals surface area contributed by atoms with Gasteiger partial charge in [-0.2, -0.15) is 0 Å². The lowest BCUT2D eigenvalue weighted by Gasteiger charge is -2.19. The average Bonchev–Trinajstić information content (AvgIpc) is 2.00. The number of alkyl carbamates (subject to hydrolysis) is 1. The first-order chi connectivity index (χ1) is 6.45. The van der Waals surface area contributed by atoms with E-state index in [0.717, 1.165) is 12.8 Å². The number of nitrogens with one attached hydrogen (secondary N) is 1. The Morgan fingerprint density at radius 2 is 2.21 bits per heavy atom. The third kappa shape index (κ3) is 8.88. The van der Waals surface area contributed by atoms with Gasteiger partial charge in [0, 0.05) is 6.54 Å². The molecule has 0 aromatic rings. The van der Waals surface area contributed by atoms with Crippen LogP contribution in [-0.4, -0.2) is 18.2 Å². The predicted octanol–water partition coefficient (Wildman–Crippen LogP) is 2.63. The van der Waals surface area contributed by atoms with E-state index in [1.165, 1.54) is 0 Å². The second-order valence-electron chi connectivity index (χ2n) is 3.98. The highest BCUT2D eigenvalue weighted by molar-refractivity contribution is 5.67. The van der Waals surface area contributed by atoms with Crippen LogP contribution in [-0.2, 0) is 4.74 Å². The normalized spacial score (nSPS) is 10.2. The SMILES string of the molecule is C=C=CCCCNC(=O)OC(C)(C)C. The standard InChI is InChI=1S/C11H19NO2/c1-5-6-7-8-9-12-10(13)14-11(2,3)4/h6H,1,7-9H2,2-4H3,(H,12,13). The molecule has 0 saturated carbocycles. The van der Waals surface area contributed by atoms with E-state index in [-0.39, 0.29) is 6.09 Å². The molecule has 0 atom stereocenters. The van der Waals surface area contributed by atoms with Crippen LogP contribution in [0.5, 0.6) is 0 Å². The van der Waals surface area contributed by atoms with Gasteiger partial charge in [0.15, 0.2) is 0 Å². The predicted molar refractivity (Wildman–Crippen MR) is 57.2 cm³/mol. The van der Waals surface area contributed by atoms with E-state index < -0.39 is 5.60 Å². The van der Waals surface area contributed by atoms with E-state index in [0.29, 0.717) is 6.54 Å². The van der Waals surface area contributed by atoms with Gasteiger partial charge in [-0.05, 0) is 39.7 Å². The van der Waals surface area contributed by atoms with Crippen molar-refractivity contribution in [2.24, 2.45) is 0 Å². The second kappa shape index (κ2) is 6.28. The summed E-state index contributed by atoms with van der Waals surface area (Å²) in [6, 6.07) is 0. The Labute approximate surface area is 85.8 Å². The molecular weight excluding hydrogens is 178 g/mol. The van der Waals surface area contributed by atoms with Gasteiger partial charge in [0.1, 0.15) is 5.60 Å². The number of unbranched alkanes of at least 4 members (excludes halogenated alkanes) is 1. The van der Waals surface area contributed by atoms with Crippen LogP contribution in [0.2, 0.25) is 0 Å². The smallest absolute Gasteiger partial charge is 0.407 e. The van der Waals surface area contributed by atoms with Crippen molar-refractivity contribution < 1.29 is 9.53 Å². The summed E-state index contributed by atoms with van der Waals surface area (Å²) < 4.78 is 5.06. The van der Waals surface area contributed by atoms with Gasteiger partial charge in [-0.1, -0.05) is 6.58 Å². The van der Waals surface area contributed by atoms with E-state index in [9.17, 15) is 4.79 Å². The van der Waals surface area contributed by atoms with E-state index in [4.69, 9.17) is 4.74 Å². The lowest BCUT2D eigenvalue weighted by atomic mass is 10.2. The summed E-state index contributed by atoms with van der Waals surface area (Å²) in [6.45, 7) is 9.59. The van der Waals surface area contributed by atoms with E-state index in [1.54, 1.807) is 0 Å². The van der Waals surface area contributed by atoms with Gasteiger partial charge in [-0.15, -0.1) is 5.73 Å². The van der Waals surface area contributed by atoms with Crippen LogP contribution >= 0.6 is 0 Å². The molecule has 0 spiro atoms. The number of carbonyl (C=O) groups is 1. The van der Waals surface area contributed by atoms with E-state index >= 15 is 0 Å². The van der Waals surface area contributed by atoms with Crippen molar-refractivity contribution in [3.8, 4) is 0 Å². The zero-order valence-corrected chi connectivity index (χ0v) is 9.22. The van der Waals surface area contributed by atoms with Crippen molar-refractivity contribution >= 4 is 6.09 Å². The number of carbonyl (C=O) groups excluding carboxylic acids is 1. The maximum atomic E-state index is 11.1.